The SMILES string of the molecule is CCCNCC(C)Oc1cccc(Cl)c1Cl. The lowest BCUT2D eigenvalue weighted by Crippen LogP contribution is -2.29. The molecule has 0 aliphatic rings. The summed E-state index contributed by atoms with van der Waals surface area (Å²) in [5.74, 6) is 0.639. The summed E-state index contributed by atoms with van der Waals surface area (Å²) in [4.78, 5) is 0. The van der Waals surface area contributed by atoms with E-state index in [9.17, 15) is 0 Å². The molecule has 16 heavy (non-hydrogen) atoms. The van der Waals surface area contributed by atoms with E-state index in [0.717, 1.165) is 19.5 Å². The molecule has 0 fully saturated rings. The Morgan fingerprint density at radius 2 is 2.12 bits per heavy atom. The molecule has 1 atom stereocenters. The van der Waals surface area contributed by atoms with Gasteiger partial charge in [0.15, 0.2) is 0 Å². The lowest BCUT2D eigenvalue weighted by Gasteiger charge is -2.16. The first-order valence-electron chi connectivity index (χ1n) is 5.46. The van der Waals surface area contributed by atoms with E-state index in [1.54, 1.807) is 6.07 Å². The number of rotatable bonds is 6. The second kappa shape index (κ2) is 7.00. The summed E-state index contributed by atoms with van der Waals surface area (Å²) < 4.78 is 5.69. The molecule has 0 aliphatic heterocycles. The van der Waals surface area contributed by atoms with Gasteiger partial charge in [-0.15, -0.1) is 0 Å². The highest BCUT2D eigenvalue weighted by molar-refractivity contribution is 6.42. The maximum atomic E-state index is 6.02. The zero-order chi connectivity index (χ0) is 12.0. The van der Waals surface area contributed by atoms with Gasteiger partial charge in [-0.25, -0.2) is 0 Å². The molecule has 4 heteroatoms. The van der Waals surface area contributed by atoms with Crippen molar-refractivity contribution in [2.75, 3.05) is 13.1 Å². The summed E-state index contributed by atoms with van der Waals surface area (Å²) in [5.41, 5.74) is 0. The maximum absolute atomic E-state index is 6.02. The number of hydrogen-bond donors (Lipinski definition) is 1. The molecule has 0 heterocycles. The summed E-state index contributed by atoms with van der Waals surface area (Å²) in [6.07, 6.45) is 1.19. The van der Waals surface area contributed by atoms with Crippen molar-refractivity contribution >= 4 is 23.2 Å². The summed E-state index contributed by atoms with van der Waals surface area (Å²) in [7, 11) is 0. The number of hydrogen-bond acceptors (Lipinski definition) is 2. The molecule has 1 unspecified atom stereocenters. The molecular formula is C12H17Cl2NO. The molecular weight excluding hydrogens is 245 g/mol. The van der Waals surface area contributed by atoms with E-state index in [2.05, 4.69) is 12.2 Å². The van der Waals surface area contributed by atoms with Crippen molar-refractivity contribution in [2.45, 2.75) is 26.4 Å². The van der Waals surface area contributed by atoms with Gasteiger partial charge in [-0.1, -0.05) is 36.2 Å². The number of ether oxygens (including phenoxy) is 1. The summed E-state index contributed by atoms with van der Waals surface area (Å²) in [6, 6.07) is 5.40. The zero-order valence-electron chi connectivity index (χ0n) is 9.59. The monoisotopic (exact) mass is 261 g/mol. The quantitative estimate of drug-likeness (QED) is 0.788. The third-order valence-electron chi connectivity index (χ3n) is 2.10. The molecule has 0 radical (unpaired) electrons. The van der Waals surface area contributed by atoms with Crippen molar-refractivity contribution in [3.63, 3.8) is 0 Å². The highest BCUT2D eigenvalue weighted by Gasteiger charge is 2.09. The fourth-order valence-electron chi connectivity index (χ4n) is 1.32. The van der Waals surface area contributed by atoms with Crippen molar-refractivity contribution in [2.24, 2.45) is 0 Å². The van der Waals surface area contributed by atoms with Gasteiger partial charge < -0.3 is 10.1 Å². The van der Waals surface area contributed by atoms with Gasteiger partial charge in [0, 0.05) is 6.54 Å². The third kappa shape index (κ3) is 4.20. The lowest BCUT2D eigenvalue weighted by molar-refractivity contribution is 0.217. The van der Waals surface area contributed by atoms with Gasteiger partial charge in [-0.3, -0.25) is 0 Å². The van der Waals surface area contributed by atoms with Crippen LogP contribution < -0.4 is 10.1 Å². The Balaban J connectivity index is 2.49. The minimum Gasteiger partial charge on any atom is -0.488 e. The first-order chi connectivity index (χ1) is 7.65. The highest BCUT2D eigenvalue weighted by atomic mass is 35.5. The minimum absolute atomic E-state index is 0.0718. The van der Waals surface area contributed by atoms with Crippen LogP contribution in [0.5, 0.6) is 5.75 Å². The summed E-state index contributed by atoms with van der Waals surface area (Å²) in [6.45, 7) is 5.93. The molecule has 2 nitrogen and oxygen atoms in total. The molecule has 1 N–H and O–H groups in total. The lowest BCUT2D eigenvalue weighted by atomic mass is 10.3. The normalized spacial score (nSPS) is 12.5. The van der Waals surface area contributed by atoms with Crippen LogP contribution in [0.2, 0.25) is 10.0 Å². The van der Waals surface area contributed by atoms with Gasteiger partial charge in [-0.05, 0) is 32.0 Å². The van der Waals surface area contributed by atoms with E-state index >= 15 is 0 Å². The molecule has 0 saturated heterocycles. The van der Waals surface area contributed by atoms with E-state index in [1.165, 1.54) is 0 Å². The first kappa shape index (κ1) is 13.6. The highest BCUT2D eigenvalue weighted by Crippen LogP contribution is 2.31. The number of benzene rings is 1. The molecule has 90 valence electrons. The molecule has 1 aromatic carbocycles. The first-order valence-corrected chi connectivity index (χ1v) is 6.22. The molecule has 0 aromatic heterocycles. The van der Waals surface area contributed by atoms with E-state index in [-0.39, 0.29) is 6.10 Å². The Hall–Kier alpha value is -0.440. The standard InChI is InChI=1S/C12H17Cl2NO/c1-3-7-15-8-9(2)16-11-6-4-5-10(13)12(11)14/h4-6,9,15H,3,7-8H2,1-2H3. The Labute approximate surface area is 107 Å². The van der Waals surface area contributed by atoms with Crippen LogP contribution in [0.4, 0.5) is 0 Å². The van der Waals surface area contributed by atoms with E-state index in [0.29, 0.717) is 15.8 Å². The Morgan fingerprint density at radius 1 is 1.38 bits per heavy atom. The van der Waals surface area contributed by atoms with Crippen LogP contribution >= 0.6 is 23.2 Å². The van der Waals surface area contributed by atoms with Crippen molar-refractivity contribution in [3.8, 4) is 5.75 Å². The molecule has 1 rings (SSSR count). The average Bonchev–Trinajstić information content (AvgIpc) is 2.25. The van der Waals surface area contributed by atoms with Crippen molar-refractivity contribution < 1.29 is 4.74 Å². The van der Waals surface area contributed by atoms with Crippen LogP contribution in [0.3, 0.4) is 0 Å². The van der Waals surface area contributed by atoms with Gasteiger partial charge in [0.2, 0.25) is 0 Å². The average molecular weight is 262 g/mol. The third-order valence-corrected chi connectivity index (χ3v) is 2.90. The smallest absolute Gasteiger partial charge is 0.139 e. The van der Waals surface area contributed by atoms with Crippen LogP contribution in [0.1, 0.15) is 20.3 Å². The summed E-state index contributed by atoms with van der Waals surface area (Å²) in [5, 5.41) is 4.29. The van der Waals surface area contributed by atoms with E-state index < -0.39 is 0 Å². The second-order valence-electron chi connectivity index (χ2n) is 3.68. The van der Waals surface area contributed by atoms with Crippen molar-refractivity contribution in [1.29, 1.82) is 0 Å². The van der Waals surface area contributed by atoms with Crippen LogP contribution in [0.25, 0.3) is 0 Å². The number of halogens is 2. The largest absolute Gasteiger partial charge is 0.488 e. The Kier molecular flexibility index (Phi) is 5.96. The zero-order valence-corrected chi connectivity index (χ0v) is 11.1. The Bertz CT molecular complexity index is 331. The molecule has 0 saturated carbocycles. The van der Waals surface area contributed by atoms with Crippen LogP contribution in [-0.2, 0) is 0 Å². The molecule has 0 amide bonds. The molecule has 0 bridgehead atoms. The topological polar surface area (TPSA) is 21.3 Å². The van der Waals surface area contributed by atoms with Crippen molar-refractivity contribution in [3.05, 3.63) is 28.2 Å². The van der Waals surface area contributed by atoms with Gasteiger partial charge in [0.1, 0.15) is 16.9 Å². The van der Waals surface area contributed by atoms with E-state index in [1.807, 2.05) is 19.1 Å². The second-order valence-corrected chi connectivity index (χ2v) is 4.47. The van der Waals surface area contributed by atoms with Gasteiger partial charge in [-0.2, -0.15) is 0 Å². The predicted molar refractivity (Wildman–Crippen MR) is 69.7 cm³/mol. The molecule has 1 aromatic rings. The fourth-order valence-corrected chi connectivity index (χ4v) is 1.65. The van der Waals surface area contributed by atoms with Gasteiger partial charge >= 0.3 is 0 Å². The molecule has 0 spiro atoms. The van der Waals surface area contributed by atoms with E-state index in [4.69, 9.17) is 27.9 Å². The fraction of sp³-hybridized carbons (Fsp3) is 0.500. The number of nitrogens with one attached hydrogen (secondary N) is 1. The Morgan fingerprint density at radius 3 is 2.81 bits per heavy atom. The van der Waals surface area contributed by atoms with Crippen LogP contribution in [-0.4, -0.2) is 19.2 Å². The van der Waals surface area contributed by atoms with Gasteiger partial charge in [0.25, 0.3) is 0 Å². The summed E-state index contributed by atoms with van der Waals surface area (Å²) >= 11 is 11.9. The van der Waals surface area contributed by atoms with Crippen LogP contribution in [0, 0.1) is 0 Å². The maximum Gasteiger partial charge on any atom is 0.139 e. The van der Waals surface area contributed by atoms with Crippen molar-refractivity contribution in [1.82, 2.24) is 5.32 Å². The molecule has 0 aliphatic carbocycles. The minimum atomic E-state index is 0.0718. The van der Waals surface area contributed by atoms with Gasteiger partial charge in [0.05, 0.1) is 5.02 Å². The predicted octanol–water partition coefficient (Wildman–Crippen LogP) is 3.76. The van der Waals surface area contributed by atoms with Crippen LogP contribution in [0.15, 0.2) is 18.2 Å².